The van der Waals surface area contributed by atoms with E-state index in [2.05, 4.69) is 19.1 Å². The molecule has 0 radical (unpaired) electrons. The van der Waals surface area contributed by atoms with Crippen molar-refractivity contribution in [1.29, 1.82) is 0 Å². The highest BCUT2D eigenvalue weighted by Crippen LogP contribution is 2.38. The van der Waals surface area contributed by atoms with Gasteiger partial charge in [-0.3, -0.25) is 4.79 Å². The van der Waals surface area contributed by atoms with Gasteiger partial charge in [-0.1, -0.05) is 42.5 Å². The zero-order chi connectivity index (χ0) is 15.7. The van der Waals surface area contributed by atoms with Crippen LogP contribution in [0.5, 0.6) is 5.75 Å². The minimum absolute atomic E-state index is 0.0789. The standard InChI is InChI=1S/C20H18O2/c1-13-6-4-5-7-17(13)20-18-10-8-15(14(2)21)12-16(18)9-11-19(20)22-3/h4-12H,1-3H3. The first kappa shape index (κ1) is 14.3. The second-order valence-electron chi connectivity index (χ2n) is 5.45. The first-order valence-corrected chi connectivity index (χ1v) is 7.29. The van der Waals surface area contributed by atoms with E-state index in [1.54, 1.807) is 14.0 Å². The van der Waals surface area contributed by atoms with Gasteiger partial charge in [-0.15, -0.1) is 0 Å². The topological polar surface area (TPSA) is 26.3 Å². The maximum Gasteiger partial charge on any atom is 0.159 e. The molecule has 0 fully saturated rings. The minimum Gasteiger partial charge on any atom is -0.496 e. The summed E-state index contributed by atoms with van der Waals surface area (Å²) in [5, 5.41) is 2.14. The van der Waals surface area contributed by atoms with Crippen molar-refractivity contribution in [2.24, 2.45) is 0 Å². The molecule has 0 amide bonds. The summed E-state index contributed by atoms with van der Waals surface area (Å²) in [6.45, 7) is 3.69. The zero-order valence-corrected chi connectivity index (χ0v) is 13.0. The molecule has 3 aromatic carbocycles. The lowest BCUT2D eigenvalue weighted by molar-refractivity contribution is 0.101. The molecule has 22 heavy (non-hydrogen) atoms. The largest absolute Gasteiger partial charge is 0.496 e. The van der Waals surface area contributed by atoms with Gasteiger partial charge in [0.05, 0.1) is 7.11 Å². The number of rotatable bonds is 3. The Balaban J connectivity index is 2.36. The predicted molar refractivity (Wildman–Crippen MR) is 90.7 cm³/mol. The molecule has 3 rings (SSSR count). The van der Waals surface area contributed by atoms with Gasteiger partial charge in [-0.05, 0) is 47.9 Å². The average molecular weight is 290 g/mol. The Bertz CT molecular complexity index is 863. The van der Waals surface area contributed by atoms with E-state index >= 15 is 0 Å². The third-order valence-electron chi connectivity index (χ3n) is 4.02. The molecule has 0 N–H and O–H groups in total. The van der Waals surface area contributed by atoms with Crippen molar-refractivity contribution in [2.45, 2.75) is 13.8 Å². The van der Waals surface area contributed by atoms with Crippen LogP contribution >= 0.6 is 0 Å². The van der Waals surface area contributed by atoms with Gasteiger partial charge in [0, 0.05) is 11.1 Å². The highest BCUT2D eigenvalue weighted by atomic mass is 16.5. The number of aryl methyl sites for hydroxylation is 1. The fraction of sp³-hybridized carbons (Fsp3) is 0.150. The van der Waals surface area contributed by atoms with Crippen molar-refractivity contribution in [1.82, 2.24) is 0 Å². The van der Waals surface area contributed by atoms with Crippen LogP contribution < -0.4 is 4.74 Å². The molecule has 0 atom stereocenters. The number of Topliss-reactive ketones (excluding diaryl/α,β-unsaturated/α-hetero) is 1. The van der Waals surface area contributed by atoms with Crippen LogP contribution in [0.1, 0.15) is 22.8 Å². The van der Waals surface area contributed by atoms with Crippen molar-refractivity contribution in [3.05, 3.63) is 65.7 Å². The molecule has 0 aliphatic carbocycles. The van der Waals surface area contributed by atoms with Crippen molar-refractivity contribution >= 4 is 16.6 Å². The number of hydrogen-bond acceptors (Lipinski definition) is 2. The minimum atomic E-state index is 0.0789. The highest BCUT2D eigenvalue weighted by molar-refractivity contribution is 6.04. The Morgan fingerprint density at radius 1 is 1.00 bits per heavy atom. The van der Waals surface area contributed by atoms with Crippen molar-refractivity contribution in [3.8, 4) is 16.9 Å². The Hall–Kier alpha value is -2.61. The molecule has 2 nitrogen and oxygen atoms in total. The van der Waals surface area contributed by atoms with Crippen LogP contribution in [-0.2, 0) is 0 Å². The molecule has 3 aromatic rings. The van der Waals surface area contributed by atoms with Gasteiger partial charge in [0.25, 0.3) is 0 Å². The molecule has 0 bridgehead atoms. The maximum atomic E-state index is 11.6. The van der Waals surface area contributed by atoms with E-state index in [-0.39, 0.29) is 5.78 Å². The molecule has 0 unspecified atom stereocenters. The van der Waals surface area contributed by atoms with Crippen LogP contribution in [0, 0.1) is 6.92 Å². The van der Waals surface area contributed by atoms with Gasteiger partial charge < -0.3 is 4.74 Å². The van der Waals surface area contributed by atoms with E-state index in [4.69, 9.17) is 4.74 Å². The first-order valence-electron chi connectivity index (χ1n) is 7.29. The summed E-state index contributed by atoms with van der Waals surface area (Å²) in [5.74, 6) is 0.924. The van der Waals surface area contributed by atoms with E-state index in [0.717, 1.165) is 33.2 Å². The fourth-order valence-corrected chi connectivity index (χ4v) is 2.83. The molecule has 0 heterocycles. The van der Waals surface area contributed by atoms with Crippen molar-refractivity contribution in [3.63, 3.8) is 0 Å². The lowest BCUT2D eigenvalue weighted by Gasteiger charge is -2.15. The summed E-state index contributed by atoms with van der Waals surface area (Å²) in [7, 11) is 1.69. The molecule has 0 aromatic heterocycles. The normalized spacial score (nSPS) is 10.7. The van der Waals surface area contributed by atoms with Crippen molar-refractivity contribution < 1.29 is 9.53 Å². The van der Waals surface area contributed by atoms with Crippen LogP contribution in [0.2, 0.25) is 0 Å². The monoisotopic (exact) mass is 290 g/mol. The first-order chi connectivity index (χ1) is 10.6. The number of benzene rings is 3. The SMILES string of the molecule is COc1ccc2cc(C(C)=O)ccc2c1-c1ccccc1C. The van der Waals surface area contributed by atoms with Gasteiger partial charge in [0.15, 0.2) is 5.78 Å². The molecule has 0 aliphatic heterocycles. The molecule has 0 spiro atoms. The predicted octanol–water partition coefficient (Wildman–Crippen LogP) is 5.03. The summed E-state index contributed by atoms with van der Waals surface area (Å²) >= 11 is 0. The van der Waals surface area contributed by atoms with Crippen molar-refractivity contribution in [2.75, 3.05) is 7.11 Å². The van der Waals surface area contributed by atoms with Gasteiger partial charge in [-0.25, -0.2) is 0 Å². The number of hydrogen-bond donors (Lipinski definition) is 0. The van der Waals surface area contributed by atoms with Crippen LogP contribution in [0.15, 0.2) is 54.6 Å². The average Bonchev–Trinajstić information content (AvgIpc) is 2.53. The third-order valence-corrected chi connectivity index (χ3v) is 4.02. The molecule has 110 valence electrons. The summed E-state index contributed by atoms with van der Waals surface area (Å²) in [4.78, 5) is 11.6. The number of carbonyl (C=O) groups is 1. The van der Waals surface area contributed by atoms with E-state index in [9.17, 15) is 4.79 Å². The molecule has 0 aliphatic rings. The number of fused-ring (bicyclic) bond motifs is 1. The zero-order valence-electron chi connectivity index (χ0n) is 13.0. The van der Waals surface area contributed by atoms with Gasteiger partial charge in [-0.2, -0.15) is 0 Å². The smallest absolute Gasteiger partial charge is 0.159 e. The molecule has 0 saturated heterocycles. The number of methoxy groups -OCH3 is 1. The molecule has 2 heteroatoms. The van der Waals surface area contributed by atoms with Gasteiger partial charge >= 0.3 is 0 Å². The lowest BCUT2D eigenvalue weighted by Crippen LogP contribution is -1.94. The second-order valence-corrected chi connectivity index (χ2v) is 5.45. The van der Waals surface area contributed by atoms with E-state index in [0.29, 0.717) is 0 Å². The van der Waals surface area contributed by atoms with E-state index < -0.39 is 0 Å². The third kappa shape index (κ3) is 2.37. The second kappa shape index (κ2) is 5.64. The molecular formula is C20H18O2. The summed E-state index contributed by atoms with van der Waals surface area (Å²) < 4.78 is 5.57. The Morgan fingerprint density at radius 3 is 2.45 bits per heavy atom. The summed E-state index contributed by atoms with van der Waals surface area (Å²) in [6.07, 6.45) is 0. The number of carbonyl (C=O) groups excluding carboxylic acids is 1. The van der Waals surface area contributed by atoms with E-state index in [1.807, 2.05) is 42.5 Å². The molecular weight excluding hydrogens is 272 g/mol. The Labute approximate surface area is 130 Å². The lowest BCUT2D eigenvalue weighted by atomic mass is 9.93. The van der Waals surface area contributed by atoms with Gasteiger partial charge in [0.2, 0.25) is 0 Å². The summed E-state index contributed by atoms with van der Waals surface area (Å²) in [5.41, 5.74) is 4.16. The van der Waals surface area contributed by atoms with Crippen LogP contribution in [-0.4, -0.2) is 12.9 Å². The highest BCUT2D eigenvalue weighted by Gasteiger charge is 2.13. The van der Waals surface area contributed by atoms with Crippen LogP contribution in [0.3, 0.4) is 0 Å². The number of ether oxygens (including phenoxy) is 1. The summed E-state index contributed by atoms with van der Waals surface area (Å²) in [6, 6.07) is 18.1. The fourth-order valence-electron chi connectivity index (χ4n) is 2.83. The molecule has 0 saturated carbocycles. The quantitative estimate of drug-likeness (QED) is 0.633. The van der Waals surface area contributed by atoms with E-state index in [1.165, 1.54) is 5.56 Å². The number of ketones is 1. The van der Waals surface area contributed by atoms with Gasteiger partial charge in [0.1, 0.15) is 5.75 Å². The Kier molecular flexibility index (Phi) is 3.68. The van der Waals surface area contributed by atoms with Crippen LogP contribution in [0.25, 0.3) is 21.9 Å². The Morgan fingerprint density at radius 2 is 1.77 bits per heavy atom. The van der Waals surface area contributed by atoms with Crippen LogP contribution in [0.4, 0.5) is 0 Å². The maximum absolute atomic E-state index is 11.6.